The summed E-state index contributed by atoms with van der Waals surface area (Å²) >= 11 is 13.0. The Morgan fingerprint density at radius 1 is 1.60 bits per heavy atom. The third kappa shape index (κ3) is 4.72. The number of alkyl halides is 1. The lowest BCUT2D eigenvalue weighted by molar-refractivity contribution is 0.375. The van der Waals surface area contributed by atoms with Crippen LogP contribution in [0.3, 0.4) is 0 Å². The molecule has 60 valence electrons. The van der Waals surface area contributed by atoms with E-state index < -0.39 is 12.2 Å². The highest BCUT2D eigenvalue weighted by atomic mass is 79.9. The molecule has 0 radical (unpaired) electrons. The van der Waals surface area contributed by atoms with E-state index in [-0.39, 0.29) is 4.49 Å². The van der Waals surface area contributed by atoms with E-state index in [1.54, 1.807) is 0 Å². The molecule has 0 heterocycles. The Balaban J connectivity index is 4.26. The van der Waals surface area contributed by atoms with Gasteiger partial charge in [-0.15, -0.1) is 0 Å². The van der Waals surface area contributed by atoms with Gasteiger partial charge >= 0.3 is 7.60 Å². The van der Waals surface area contributed by atoms with Crippen LogP contribution in [-0.4, -0.2) is 14.4 Å². The number of rotatable bonds is 2. The minimum absolute atomic E-state index is 0.176. The molecule has 0 aromatic heterocycles. The first-order valence-corrected chi connectivity index (χ1v) is 5.41. The predicted octanol–water partition coefficient (Wildman–Crippen LogP) is 2.20. The van der Waals surface area contributed by atoms with Crippen molar-refractivity contribution < 1.29 is 14.4 Å². The van der Waals surface area contributed by atoms with Crippen LogP contribution in [0.2, 0.25) is 0 Å². The lowest BCUT2D eigenvalue weighted by Crippen LogP contribution is -1.93. The second-order valence-corrected chi connectivity index (χ2v) is 5.85. The molecule has 1 atom stereocenters. The monoisotopic (exact) mass is 268 g/mol. The van der Waals surface area contributed by atoms with Crippen LogP contribution in [0.25, 0.3) is 0 Å². The summed E-state index contributed by atoms with van der Waals surface area (Å²) in [5.74, 6) is 0. The molecule has 2 N–H and O–H groups in total. The first-order valence-electron chi connectivity index (χ1n) is 2.06. The zero-order valence-corrected chi connectivity index (χ0v) is 8.53. The van der Waals surface area contributed by atoms with Gasteiger partial charge in [0, 0.05) is 0 Å². The topological polar surface area (TPSA) is 57.5 Å². The highest BCUT2D eigenvalue weighted by molar-refractivity contribution is 9.10. The highest BCUT2D eigenvalue weighted by Crippen LogP contribution is 2.46. The van der Waals surface area contributed by atoms with Gasteiger partial charge in [-0.3, -0.25) is 4.57 Å². The third-order valence-corrected chi connectivity index (χ3v) is 3.49. The maximum Gasteiger partial charge on any atom is 0.342 e. The van der Waals surface area contributed by atoms with Gasteiger partial charge in [0.05, 0.1) is 0 Å². The molecule has 0 amide bonds. The van der Waals surface area contributed by atoms with Crippen molar-refractivity contribution in [1.29, 1.82) is 0 Å². The van der Waals surface area contributed by atoms with E-state index in [4.69, 9.17) is 33.0 Å². The van der Waals surface area contributed by atoms with Crippen molar-refractivity contribution >= 4 is 46.7 Å². The van der Waals surface area contributed by atoms with Gasteiger partial charge in [-0.1, -0.05) is 39.1 Å². The molecule has 0 aromatic carbocycles. The maximum absolute atomic E-state index is 10.4. The Hall–Kier alpha value is 0.950. The van der Waals surface area contributed by atoms with Gasteiger partial charge in [-0.25, -0.2) is 0 Å². The van der Waals surface area contributed by atoms with Gasteiger partial charge in [0.25, 0.3) is 0 Å². The summed E-state index contributed by atoms with van der Waals surface area (Å²) in [5, 5.41) is 0. The molecule has 0 saturated heterocycles. The van der Waals surface area contributed by atoms with Crippen LogP contribution in [0.1, 0.15) is 0 Å². The highest BCUT2D eigenvalue weighted by Gasteiger charge is 2.23. The van der Waals surface area contributed by atoms with Crippen LogP contribution in [0.5, 0.6) is 0 Å². The molecule has 0 bridgehead atoms. The molecule has 1 unspecified atom stereocenters. The summed E-state index contributed by atoms with van der Waals surface area (Å²) in [6.07, 6.45) is 1.02. The summed E-state index contributed by atoms with van der Waals surface area (Å²) in [6.45, 7) is 0. The molecule has 0 fully saturated rings. The van der Waals surface area contributed by atoms with E-state index in [0.29, 0.717) is 0 Å². The lowest BCUT2D eigenvalue weighted by Gasteiger charge is -2.05. The molecule has 7 heteroatoms. The largest absolute Gasteiger partial charge is 0.342 e. The molecule has 10 heavy (non-hydrogen) atoms. The number of hydrogen-bond donors (Lipinski definition) is 2. The standard InChI is InChI=1S/C3H4BrCl2O3P/c4-2(1-3(5)6)10(7,8)9/h1-2H,(H2,7,8,9). The van der Waals surface area contributed by atoms with Crippen molar-refractivity contribution in [3.05, 3.63) is 10.6 Å². The van der Waals surface area contributed by atoms with Crippen molar-refractivity contribution in [2.45, 2.75) is 4.57 Å². The van der Waals surface area contributed by atoms with Gasteiger partial charge in [0.2, 0.25) is 0 Å². The molecule has 0 saturated carbocycles. The molecule has 0 aliphatic carbocycles. The average molecular weight is 270 g/mol. The van der Waals surface area contributed by atoms with Crippen LogP contribution in [-0.2, 0) is 4.57 Å². The quantitative estimate of drug-likeness (QED) is 0.597. The van der Waals surface area contributed by atoms with E-state index >= 15 is 0 Å². The Kier molecular flexibility index (Phi) is 4.48. The van der Waals surface area contributed by atoms with Gasteiger partial charge < -0.3 is 9.79 Å². The second-order valence-electron chi connectivity index (χ2n) is 1.42. The van der Waals surface area contributed by atoms with Crippen molar-refractivity contribution in [3.8, 4) is 0 Å². The third-order valence-electron chi connectivity index (χ3n) is 0.585. The van der Waals surface area contributed by atoms with Crippen molar-refractivity contribution in [2.24, 2.45) is 0 Å². The van der Waals surface area contributed by atoms with Crippen molar-refractivity contribution in [3.63, 3.8) is 0 Å². The normalized spacial score (nSPS) is 14.5. The molecular formula is C3H4BrCl2O3P. The van der Waals surface area contributed by atoms with E-state index in [1.807, 2.05) is 0 Å². The Bertz CT molecular complexity index is 184. The zero-order valence-electron chi connectivity index (χ0n) is 4.54. The summed E-state index contributed by atoms with van der Waals surface area (Å²) in [4.78, 5) is 16.9. The zero-order chi connectivity index (χ0) is 8.36. The fraction of sp³-hybridized carbons (Fsp3) is 0.333. The Morgan fingerprint density at radius 3 is 2.10 bits per heavy atom. The first kappa shape index (κ1) is 11.0. The van der Waals surface area contributed by atoms with E-state index in [2.05, 4.69) is 15.9 Å². The van der Waals surface area contributed by atoms with Crippen molar-refractivity contribution in [2.75, 3.05) is 0 Å². The van der Waals surface area contributed by atoms with E-state index in [9.17, 15) is 4.57 Å². The second kappa shape index (κ2) is 4.10. The molecule has 0 aliphatic heterocycles. The van der Waals surface area contributed by atoms with Crippen molar-refractivity contribution in [1.82, 2.24) is 0 Å². The van der Waals surface area contributed by atoms with Gasteiger partial charge in [0.1, 0.15) is 9.06 Å². The molecule has 0 aromatic rings. The van der Waals surface area contributed by atoms with E-state index in [1.165, 1.54) is 0 Å². The summed E-state index contributed by atoms with van der Waals surface area (Å²) in [7, 11) is -4.14. The molecule has 0 rings (SSSR count). The van der Waals surface area contributed by atoms with Crippen LogP contribution in [0.15, 0.2) is 10.6 Å². The van der Waals surface area contributed by atoms with Crippen LogP contribution < -0.4 is 0 Å². The number of hydrogen-bond acceptors (Lipinski definition) is 1. The van der Waals surface area contributed by atoms with Crippen LogP contribution >= 0.6 is 46.7 Å². The minimum atomic E-state index is -4.14. The number of allylic oxidation sites excluding steroid dienone is 1. The SMILES string of the molecule is O=P(O)(O)C(Br)C=C(Cl)Cl. The Labute approximate surface area is 76.3 Å². The summed E-state index contributed by atoms with van der Waals surface area (Å²) < 4.78 is 9.07. The minimum Gasteiger partial charge on any atom is -0.323 e. The lowest BCUT2D eigenvalue weighted by atomic mass is 10.8. The average Bonchev–Trinajstić information content (AvgIpc) is 1.60. The molecule has 0 spiro atoms. The van der Waals surface area contributed by atoms with Gasteiger partial charge in [-0.2, -0.15) is 0 Å². The fourth-order valence-corrected chi connectivity index (χ4v) is 1.54. The van der Waals surface area contributed by atoms with Gasteiger partial charge in [0.15, 0.2) is 0 Å². The maximum atomic E-state index is 10.4. The summed E-state index contributed by atoms with van der Waals surface area (Å²) in [5.41, 5.74) is 0. The van der Waals surface area contributed by atoms with Crippen LogP contribution in [0.4, 0.5) is 0 Å². The van der Waals surface area contributed by atoms with Gasteiger partial charge in [-0.05, 0) is 6.08 Å². The Morgan fingerprint density at radius 2 is 2.00 bits per heavy atom. The summed E-state index contributed by atoms with van der Waals surface area (Å²) in [6, 6.07) is 0. The molecular weight excluding hydrogens is 266 g/mol. The first-order chi connectivity index (χ1) is 4.34. The van der Waals surface area contributed by atoms with Crippen LogP contribution in [0, 0.1) is 0 Å². The van der Waals surface area contributed by atoms with E-state index in [0.717, 1.165) is 6.08 Å². The smallest absolute Gasteiger partial charge is 0.323 e. The predicted molar refractivity (Wildman–Crippen MR) is 44.5 cm³/mol. The number of halogens is 3. The molecule has 0 aliphatic rings. The molecule has 3 nitrogen and oxygen atoms in total. The fourth-order valence-electron chi connectivity index (χ4n) is 0.201.